The number of methoxy groups -OCH3 is 1. The molecule has 0 aliphatic rings. The largest absolute Gasteiger partial charge is 0.508 e. The average molecular weight is 370 g/mol. The zero-order chi connectivity index (χ0) is 18.6. The molecule has 3 aromatic rings. The van der Waals surface area contributed by atoms with Crippen LogP contribution in [0.25, 0.3) is 0 Å². The van der Waals surface area contributed by atoms with Gasteiger partial charge >= 0.3 is 0 Å². The average Bonchev–Trinajstić information content (AvgIpc) is 2.63. The van der Waals surface area contributed by atoms with Crippen LogP contribution in [0.5, 0.6) is 11.5 Å². The number of hydrogen-bond acceptors (Lipinski definition) is 5. The van der Waals surface area contributed by atoms with Gasteiger partial charge in [0.2, 0.25) is 0 Å². The minimum atomic E-state index is -3.76. The SMILES string of the molecule is COc1ccc(S(=O)(=O)Nc2ccccc2Nc2cccc(O)c2)cc1. The van der Waals surface area contributed by atoms with Gasteiger partial charge in [0.1, 0.15) is 11.5 Å². The van der Waals surface area contributed by atoms with E-state index in [1.165, 1.54) is 19.2 Å². The van der Waals surface area contributed by atoms with Crippen LogP contribution in [0, 0.1) is 0 Å². The lowest BCUT2D eigenvalue weighted by atomic mass is 10.2. The van der Waals surface area contributed by atoms with Crippen LogP contribution in [-0.2, 0) is 10.0 Å². The number of phenolic OH excluding ortho intramolecular Hbond substituents is 1. The van der Waals surface area contributed by atoms with Crippen LogP contribution < -0.4 is 14.8 Å². The van der Waals surface area contributed by atoms with Crippen molar-refractivity contribution < 1.29 is 18.3 Å². The van der Waals surface area contributed by atoms with Gasteiger partial charge in [0, 0.05) is 11.8 Å². The maximum Gasteiger partial charge on any atom is 0.261 e. The van der Waals surface area contributed by atoms with E-state index in [4.69, 9.17) is 4.74 Å². The minimum absolute atomic E-state index is 0.117. The lowest BCUT2D eigenvalue weighted by Gasteiger charge is -2.14. The summed E-state index contributed by atoms with van der Waals surface area (Å²) in [4.78, 5) is 0.130. The van der Waals surface area contributed by atoms with Crippen LogP contribution in [0.4, 0.5) is 17.1 Å². The first-order valence-corrected chi connectivity index (χ1v) is 9.28. The molecule has 3 N–H and O–H groups in total. The van der Waals surface area contributed by atoms with E-state index < -0.39 is 10.0 Å². The summed E-state index contributed by atoms with van der Waals surface area (Å²) in [6.07, 6.45) is 0. The Morgan fingerprint density at radius 3 is 2.23 bits per heavy atom. The molecule has 134 valence electrons. The van der Waals surface area contributed by atoms with Crippen molar-refractivity contribution in [2.75, 3.05) is 17.1 Å². The molecule has 26 heavy (non-hydrogen) atoms. The Bertz CT molecular complexity index is 1000. The van der Waals surface area contributed by atoms with Crippen LogP contribution in [0.1, 0.15) is 0 Å². The first kappa shape index (κ1) is 17.6. The van der Waals surface area contributed by atoms with Gasteiger partial charge in [-0.25, -0.2) is 8.42 Å². The lowest BCUT2D eigenvalue weighted by molar-refractivity contribution is 0.414. The number of aromatic hydroxyl groups is 1. The van der Waals surface area contributed by atoms with Crippen LogP contribution in [0.15, 0.2) is 77.7 Å². The van der Waals surface area contributed by atoms with Crippen molar-refractivity contribution in [3.05, 3.63) is 72.8 Å². The molecule has 3 rings (SSSR count). The molecule has 0 unspecified atom stereocenters. The highest BCUT2D eigenvalue weighted by molar-refractivity contribution is 7.92. The second-order valence-corrected chi connectivity index (χ2v) is 7.18. The number of hydrogen-bond donors (Lipinski definition) is 3. The normalized spacial score (nSPS) is 11.0. The quantitative estimate of drug-likeness (QED) is 0.612. The highest BCUT2D eigenvalue weighted by Gasteiger charge is 2.16. The van der Waals surface area contributed by atoms with E-state index in [9.17, 15) is 13.5 Å². The number of rotatable bonds is 6. The van der Waals surface area contributed by atoms with Crippen molar-refractivity contribution in [3.8, 4) is 11.5 Å². The van der Waals surface area contributed by atoms with Gasteiger partial charge in [-0.2, -0.15) is 0 Å². The van der Waals surface area contributed by atoms with E-state index in [0.29, 0.717) is 22.8 Å². The molecule has 3 aromatic carbocycles. The van der Waals surface area contributed by atoms with Crippen LogP contribution in [-0.4, -0.2) is 20.6 Å². The van der Waals surface area contributed by atoms with Gasteiger partial charge in [0.15, 0.2) is 0 Å². The molecular formula is C19H18N2O4S. The van der Waals surface area contributed by atoms with Gasteiger partial charge in [-0.05, 0) is 48.5 Å². The van der Waals surface area contributed by atoms with Gasteiger partial charge < -0.3 is 15.2 Å². The Morgan fingerprint density at radius 2 is 1.58 bits per heavy atom. The Hall–Kier alpha value is -3.19. The van der Waals surface area contributed by atoms with Gasteiger partial charge in [0.05, 0.1) is 23.4 Å². The smallest absolute Gasteiger partial charge is 0.261 e. The van der Waals surface area contributed by atoms with Crippen molar-refractivity contribution in [2.24, 2.45) is 0 Å². The molecule has 6 nitrogen and oxygen atoms in total. The number of ether oxygens (including phenoxy) is 1. The van der Waals surface area contributed by atoms with Crippen molar-refractivity contribution >= 4 is 27.1 Å². The molecular weight excluding hydrogens is 352 g/mol. The Kier molecular flexibility index (Phi) is 4.99. The summed E-state index contributed by atoms with van der Waals surface area (Å²) in [5.41, 5.74) is 1.60. The summed E-state index contributed by atoms with van der Waals surface area (Å²) < 4.78 is 32.9. The first-order chi connectivity index (χ1) is 12.5. The molecule has 0 atom stereocenters. The molecule has 0 heterocycles. The second-order valence-electron chi connectivity index (χ2n) is 5.50. The Morgan fingerprint density at radius 1 is 0.885 bits per heavy atom. The molecule has 0 saturated heterocycles. The fraction of sp³-hybridized carbons (Fsp3) is 0.0526. The van der Waals surface area contributed by atoms with Gasteiger partial charge in [-0.3, -0.25) is 4.72 Å². The van der Waals surface area contributed by atoms with Crippen LogP contribution in [0.3, 0.4) is 0 Å². The summed E-state index contributed by atoms with van der Waals surface area (Å²) in [6.45, 7) is 0. The lowest BCUT2D eigenvalue weighted by Crippen LogP contribution is -2.14. The fourth-order valence-corrected chi connectivity index (χ4v) is 3.46. The number of nitrogens with one attached hydrogen (secondary N) is 2. The third-order valence-corrected chi connectivity index (χ3v) is 5.05. The van der Waals surface area contributed by atoms with Gasteiger partial charge in [-0.15, -0.1) is 0 Å². The number of sulfonamides is 1. The Labute approximate surface area is 152 Å². The number of benzene rings is 3. The molecule has 0 aliphatic heterocycles. The van der Waals surface area contributed by atoms with Crippen molar-refractivity contribution in [3.63, 3.8) is 0 Å². The van der Waals surface area contributed by atoms with Crippen molar-refractivity contribution in [1.82, 2.24) is 0 Å². The van der Waals surface area contributed by atoms with E-state index in [1.54, 1.807) is 60.7 Å². The van der Waals surface area contributed by atoms with E-state index in [1.807, 2.05) is 0 Å². The van der Waals surface area contributed by atoms with Crippen molar-refractivity contribution in [2.45, 2.75) is 4.90 Å². The highest BCUT2D eigenvalue weighted by Crippen LogP contribution is 2.29. The fourth-order valence-electron chi connectivity index (χ4n) is 2.38. The van der Waals surface area contributed by atoms with Crippen molar-refractivity contribution in [1.29, 1.82) is 0 Å². The molecule has 0 amide bonds. The van der Waals surface area contributed by atoms with E-state index in [0.717, 1.165) is 0 Å². The molecule has 0 spiro atoms. The third-order valence-electron chi connectivity index (χ3n) is 3.67. The third kappa shape index (κ3) is 4.07. The maximum absolute atomic E-state index is 12.6. The zero-order valence-corrected chi connectivity index (χ0v) is 14.8. The summed E-state index contributed by atoms with van der Waals surface area (Å²) in [5.74, 6) is 0.696. The number of anilines is 3. The summed E-state index contributed by atoms with van der Waals surface area (Å²) in [7, 11) is -2.24. The monoisotopic (exact) mass is 370 g/mol. The molecule has 0 saturated carbocycles. The topological polar surface area (TPSA) is 87.7 Å². The summed E-state index contributed by atoms with van der Waals surface area (Å²) in [6, 6.07) is 19.6. The number of para-hydroxylation sites is 2. The zero-order valence-electron chi connectivity index (χ0n) is 14.0. The minimum Gasteiger partial charge on any atom is -0.508 e. The van der Waals surface area contributed by atoms with E-state index in [-0.39, 0.29) is 10.6 Å². The molecule has 0 fully saturated rings. The second kappa shape index (κ2) is 7.37. The predicted octanol–water partition coefficient (Wildman–Crippen LogP) is 3.95. The van der Waals surface area contributed by atoms with Gasteiger partial charge in [0.25, 0.3) is 10.0 Å². The Balaban J connectivity index is 1.87. The predicted molar refractivity (Wildman–Crippen MR) is 102 cm³/mol. The molecule has 7 heteroatoms. The van der Waals surface area contributed by atoms with Crippen LogP contribution in [0.2, 0.25) is 0 Å². The molecule has 0 radical (unpaired) electrons. The maximum atomic E-state index is 12.6. The first-order valence-electron chi connectivity index (χ1n) is 7.80. The molecule has 0 aromatic heterocycles. The highest BCUT2D eigenvalue weighted by atomic mass is 32.2. The molecule has 0 bridgehead atoms. The standard InChI is InChI=1S/C19H18N2O4S/c1-25-16-9-11-17(12-10-16)26(23,24)21-19-8-3-2-7-18(19)20-14-5-4-6-15(22)13-14/h2-13,20-22H,1H3. The summed E-state index contributed by atoms with van der Waals surface area (Å²) >= 11 is 0. The molecule has 0 aliphatic carbocycles. The van der Waals surface area contributed by atoms with Gasteiger partial charge in [-0.1, -0.05) is 18.2 Å². The summed E-state index contributed by atoms with van der Waals surface area (Å²) in [5, 5.41) is 12.7. The van der Waals surface area contributed by atoms with E-state index >= 15 is 0 Å². The van der Waals surface area contributed by atoms with Crippen LogP contribution >= 0.6 is 0 Å². The number of phenols is 1. The van der Waals surface area contributed by atoms with E-state index in [2.05, 4.69) is 10.0 Å².